The van der Waals surface area contributed by atoms with Crippen LogP contribution in [0.2, 0.25) is 0 Å². The van der Waals surface area contributed by atoms with Crippen LogP contribution in [-0.2, 0) is 0 Å². The van der Waals surface area contributed by atoms with Crippen LogP contribution in [0.4, 0.5) is 0 Å². The van der Waals surface area contributed by atoms with Crippen LogP contribution in [0.3, 0.4) is 0 Å². The summed E-state index contributed by atoms with van der Waals surface area (Å²) in [6, 6.07) is 39.8. The van der Waals surface area contributed by atoms with E-state index in [4.69, 9.17) is 30.6 Å². The van der Waals surface area contributed by atoms with Crippen LogP contribution in [-0.4, -0.2) is 19.5 Å². The van der Waals surface area contributed by atoms with Crippen LogP contribution >= 0.6 is 0 Å². The van der Waals surface area contributed by atoms with Gasteiger partial charge in [0.25, 0.3) is 0 Å². The number of benzene rings is 7. The molecule has 0 bridgehead atoms. The predicted molar refractivity (Wildman–Crippen MR) is 205 cm³/mol. The summed E-state index contributed by atoms with van der Waals surface area (Å²) in [5.74, 6) is 0.455. The van der Waals surface area contributed by atoms with E-state index >= 15 is 0 Å². The lowest BCUT2D eigenvalue weighted by atomic mass is 10.1. The number of aromatic nitrogens is 4. The van der Waals surface area contributed by atoms with Crippen molar-refractivity contribution in [2.75, 3.05) is 0 Å². The molecule has 0 aliphatic carbocycles. The van der Waals surface area contributed by atoms with Crippen LogP contribution in [0.5, 0.6) is 0 Å². The fraction of sp³-hybridized carbons (Fsp3) is 0. The highest BCUT2D eigenvalue weighted by atomic mass is 16.3. The molecule has 0 saturated carbocycles. The minimum Gasteiger partial charge on any atom is -0.456 e. The van der Waals surface area contributed by atoms with Gasteiger partial charge in [-0.25, -0.2) is 15.0 Å². The van der Waals surface area contributed by atoms with Gasteiger partial charge >= 0.3 is 0 Å². The topological polar surface area (TPSA) is 69.9 Å². The summed E-state index contributed by atoms with van der Waals surface area (Å²) in [5.41, 5.74) is 7.03. The summed E-state index contributed by atoms with van der Waals surface area (Å²) in [5, 5.41) is 5.87. The molecule has 0 fully saturated rings. The lowest BCUT2D eigenvalue weighted by Crippen LogP contribution is -2.00. The Hall–Kier alpha value is -7.05. The molecule has 6 heteroatoms. The van der Waals surface area contributed by atoms with Crippen molar-refractivity contribution in [3.63, 3.8) is 0 Å². The van der Waals surface area contributed by atoms with Crippen LogP contribution in [0.25, 0.3) is 106 Å². The molecular weight excluding hydrogens is 629 g/mol. The standard InChI is InChI=1S/C45H26N4O2/c1-2-11-27(12-3-1)43-46-44(48-45(47-43)34-16-10-20-40-42(34)33-15-6-9-19-38(33)50-40)28-21-23-32-35-26-29(22-24-39(35)51-41(32)25-28)49-36-17-7-4-13-30(36)31-14-5-8-18-37(31)49/h1-26H/i1D,2D,3D,11D,12D. The number of rotatable bonds is 4. The summed E-state index contributed by atoms with van der Waals surface area (Å²) < 4.78 is 57.3. The second kappa shape index (κ2) is 10.7. The van der Waals surface area contributed by atoms with E-state index in [0.29, 0.717) is 27.9 Å². The first-order valence-electron chi connectivity index (χ1n) is 19.0. The molecule has 0 N–H and O–H groups in total. The van der Waals surface area contributed by atoms with Crippen molar-refractivity contribution in [2.24, 2.45) is 0 Å². The number of fused-ring (bicyclic) bond motifs is 9. The Morgan fingerprint density at radius 1 is 0.451 bits per heavy atom. The highest BCUT2D eigenvalue weighted by Gasteiger charge is 2.19. The smallest absolute Gasteiger partial charge is 0.164 e. The largest absolute Gasteiger partial charge is 0.456 e. The summed E-state index contributed by atoms with van der Waals surface area (Å²) in [6.45, 7) is 0. The first kappa shape index (κ1) is 23.3. The molecular formula is C45H26N4O2. The number of furan rings is 2. The molecule has 0 radical (unpaired) electrons. The molecule has 51 heavy (non-hydrogen) atoms. The summed E-state index contributed by atoms with van der Waals surface area (Å²) in [7, 11) is 0. The summed E-state index contributed by atoms with van der Waals surface area (Å²) in [4.78, 5) is 14.5. The van der Waals surface area contributed by atoms with Crippen molar-refractivity contribution in [2.45, 2.75) is 0 Å². The lowest BCUT2D eigenvalue weighted by molar-refractivity contribution is 0.668. The molecule has 11 rings (SSSR count). The van der Waals surface area contributed by atoms with E-state index in [2.05, 4.69) is 65.2 Å². The molecule has 0 aliphatic rings. The fourth-order valence-electron chi connectivity index (χ4n) is 7.30. The molecule has 6 nitrogen and oxygen atoms in total. The van der Waals surface area contributed by atoms with Gasteiger partial charge in [0.05, 0.1) is 17.9 Å². The van der Waals surface area contributed by atoms with Crippen molar-refractivity contribution in [1.82, 2.24) is 19.5 Å². The Kier molecular flexibility index (Phi) is 4.91. The van der Waals surface area contributed by atoms with Gasteiger partial charge in [0.1, 0.15) is 22.3 Å². The Bertz CT molecular complexity index is 3380. The molecule has 0 spiro atoms. The van der Waals surface area contributed by atoms with Crippen LogP contribution < -0.4 is 0 Å². The second-order valence-corrected chi connectivity index (χ2v) is 12.4. The van der Waals surface area contributed by atoms with E-state index in [1.807, 2.05) is 66.7 Å². The second-order valence-electron chi connectivity index (χ2n) is 12.4. The van der Waals surface area contributed by atoms with Gasteiger partial charge in [0.2, 0.25) is 0 Å². The third-order valence-electron chi connectivity index (χ3n) is 9.55. The molecule has 0 unspecified atom stereocenters. The SMILES string of the molecule is [2H]c1c([2H])c([2H])c(-c2nc(-c3ccc4c(c3)oc3ccc(-n5c6ccccc6c6ccccc65)cc34)nc(-c3cccc4oc5ccccc5c34)n2)c([2H])c1[2H]. The molecule has 11 aromatic rings. The number of hydrogen-bond donors (Lipinski definition) is 0. The van der Waals surface area contributed by atoms with Crippen molar-refractivity contribution >= 4 is 65.7 Å². The van der Waals surface area contributed by atoms with E-state index in [0.717, 1.165) is 43.8 Å². The molecule has 0 aliphatic heterocycles. The number of hydrogen-bond acceptors (Lipinski definition) is 5. The van der Waals surface area contributed by atoms with Crippen LogP contribution in [0, 0.1) is 0 Å². The van der Waals surface area contributed by atoms with Gasteiger partial charge in [0, 0.05) is 54.7 Å². The Morgan fingerprint density at radius 3 is 1.90 bits per heavy atom. The lowest BCUT2D eigenvalue weighted by Gasteiger charge is -2.09. The zero-order valence-corrected chi connectivity index (χ0v) is 26.7. The average molecular weight is 660 g/mol. The van der Waals surface area contributed by atoms with E-state index in [-0.39, 0.29) is 23.0 Å². The molecule has 7 aromatic carbocycles. The Balaban J connectivity index is 1.12. The molecule has 238 valence electrons. The van der Waals surface area contributed by atoms with E-state index in [1.54, 1.807) is 0 Å². The highest BCUT2D eigenvalue weighted by molar-refractivity contribution is 6.12. The third kappa shape index (κ3) is 4.26. The maximum absolute atomic E-state index is 8.76. The number of nitrogens with zero attached hydrogens (tertiary/aromatic N) is 4. The Morgan fingerprint density at radius 2 is 1.10 bits per heavy atom. The molecule has 4 heterocycles. The Labute approximate surface area is 297 Å². The van der Waals surface area contributed by atoms with Crippen molar-refractivity contribution < 1.29 is 15.7 Å². The van der Waals surface area contributed by atoms with Gasteiger partial charge in [-0.05, 0) is 54.6 Å². The van der Waals surface area contributed by atoms with Gasteiger partial charge in [-0.15, -0.1) is 0 Å². The van der Waals surface area contributed by atoms with Gasteiger partial charge in [-0.1, -0.05) is 103 Å². The maximum Gasteiger partial charge on any atom is 0.164 e. The monoisotopic (exact) mass is 659 g/mol. The van der Waals surface area contributed by atoms with Crippen molar-refractivity contribution in [3.05, 3.63) is 158 Å². The summed E-state index contributed by atoms with van der Waals surface area (Å²) >= 11 is 0. The maximum atomic E-state index is 8.76. The third-order valence-corrected chi connectivity index (χ3v) is 9.55. The van der Waals surface area contributed by atoms with Crippen molar-refractivity contribution in [3.8, 4) is 39.9 Å². The first-order chi connectivity index (χ1) is 27.3. The van der Waals surface area contributed by atoms with E-state index in [9.17, 15) is 0 Å². The molecule has 0 amide bonds. The fourth-order valence-corrected chi connectivity index (χ4v) is 7.30. The van der Waals surface area contributed by atoms with Crippen LogP contribution in [0.1, 0.15) is 6.85 Å². The molecule has 0 atom stereocenters. The zero-order valence-electron chi connectivity index (χ0n) is 31.7. The first-order valence-corrected chi connectivity index (χ1v) is 16.5. The number of para-hydroxylation sites is 3. The van der Waals surface area contributed by atoms with Gasteiger partial charge in [-0.2, -0.15) is 0 Å². The minimum atomic E-state index is -0.496. The zero-order chi connectivity index (χ0) is 37.8. The normalized spacial score (nSPS) is 13.3. The van der Waals surface area contributed by atoms with Crippen LogP contribution in [0.15, 0.2) is 166 Å². The van der Waals surface area contributed by atoms with Gasteiger partial charge in [-0.3, -0.25) is 0 Å². The molecule has 4 aromatic heterocycles. The highest BCUT2D eigenvalue weighted by Crippen LogP contribution is 2.39. The minimum absolute atomic E-state index is 0.0488. The van der Waals surface area contributed by atoms with E-state index in [1.165, 1.54) is 10.8 Å². The average Bonchev–Trinajstić information content (AvgIpc) is 3.91. The van der Waals surface area contributed by atoms with Gasteiger partial charge < -0.3 is 13.4 Å². The molecule has 0 saturated heterocycles. The van der Waals surface area contributed by atoms with Gasteiger partial charge in [0.15, 0.2) is 17.5 Å². The summed E-state index contributed by atoms with van der Waals surface area (Å²) in [6.07, 6.45) is 0. The van der Waals surface area contributed by atoms with Crippen molar-refractivity contribution in [1.29, 1.82) is 0 Å². The quantitative estimate of drug-likeness (QED) is 0.188. The predicted octanol–water partition coefficient (Wildman–Crippen LogP) is 11.8. The van der Waals surface area contributed by atoms with E-state index < -0.39 is 30.2 Å².